The zero-order valence-corrected chi connectivity index (χ0v) is 16.5. The van der Waals surface area contributed by atoms with E-state index < -0.39 is 0 Å². The second kappa shape index (κ2) is 9.00. The van der Waals surface area contributed by atoms with Crippen LogP contribution in [0, 0.1) is 0 Å². The molecule has 2 aliphatic rings. The van der Waals surface area contributed by atoms with Crippen molar-refractivity contribution in [2.24, 2.45) is 0 Å². The standard InChI is InChI=1S/C23H30N4O/c28-23(24-17-19-5-9-21(10-6-19)26-13-1-2-14-26)25-18-20-7-11-22(12-8-20)27-15-3-4-16-27/h5-12H,1-4,13-18H2,(H2,24,25,28). The minimum absolute atomic E-state index is 0.132. The summed E-state index contributed by atoms with van der Waals surface area (Å²) in [6.07, 6.45) is 5.13. The van der Waals surface area contributed by atoms with Gasteiger partial charge < -0.3 is 20.4 Å². The molecule has 2 aromatic rings. The summed E-state index contributed by atoms with van der Waals surface area (Å²) >= 11 is 0. The van der Waals surface area contributed by atoms with Crippen molar-refractivity contribution in [3.8, 4) is 0 Å². The fourth-order valence-electron chi connectivity index (χ4n) is 4.03. The highest BCUT2D eigenvalue weighted by Gasteiger charge is 2.13. The zero-order chi connectivity index (χ0) is 19.2. The average molecular weight is 379 g/mol. The molecule has 0 unspecified atom stereocenters. The van der Waals surface area contributed by atoms with Crippen LogP contribution in [0.4, 0.5) is 16.2 Å². The molecule has 2 amide bonds. The molecule has 0 aliphatic carbocycles. The number of nitrogens with one attached hydrogen (secondary N) is 2. The molecule has 28 heavy (non-hydrogen) atoms. The smallest absolute Gasteiger partial charge is 0.315 e. The molecule has 0 aromatic heterocycles. The first-order chi connectivity index (χ1) is 13.8. The Morgan fingerprint density at radius 2 is 1.00 bits per heavy atom. The summed E-state index contributed by atoms with van der Waals surface area (Å²) in [4.78, 5) is 16.9. The Morgan fingerprint density at radius 3 is 1.36 bits per heavy atom. The largest absolute Gasteiger partial charge is 0.372 e. The number of urea groups is 1. The van der Waals surface area contributed by atoms with Crippen LogP contribution in [0.1, 0.15) is 36.8 Å². The number of hydrogen-bond acceptors (Lipinski definition) is 3. The van der Waals surface area contributed by atoms with Gasteiger partial charge in [0.25, 0.3) is 0 Å². The molecular formula is C23H30N4O. The molecule has 0 radical (unpaired) electrons. The van der Waals surface area contributed by atoms with Crippen LogP contribution in [-0.2, 0) is 13.1 Å². The minimum Gasteiger partial charge on any atom is -0.372 e. The zero-order valence-electron chi connectivity index (χ0n) is 16.5. The van der Waals surface area contributed by atoms with Crippen molar-refractivity contribution < 1.29 is 4.79 Å². The van der Waals surface area contributed by atoms with Crippen LogP contribution in [0.5, 0.6) is 0 Å². The van der Waals surface area contributed by atoms with Gasteiger partial charge in [-0.1, -0.05) is 24.3 Å². The summed E-state index contributed by atoms with van der Waals surface area (Å²) in [5, 5.41) is 5.88. The van der Waals surface area contributed by atoms with Crippen LogP contribution in [-0.4, -0.2) is 32.2 Å². The first kappa shape index (κ1) is 18.7. The summed E-state index contributed by atoms with van der Waals surface area (Å²) in [7, 11) is 0. The Kier molecular flexibility index (Phi) is 6.00. The van der Waals surface area contributed by atoms with Crippen LogP contribution >= 0.6 is 0 Å². The van der Waals surface area contributed by atoms with E-state index in [9.17, 15) is 4.79 Å². The van der Waals surface area contributed by atoms with Gasteiger partial charge in [-0.2, -0.15) is 0 Å². The number of carbonyl (C=O) groups excluding carboxylic acids is 1. The number of rotatable bonds is 6. The number of benzene rings is 2. The normalized spacial score (nSPS) is 16.4. The third-order valence-corrected chi connectivity index (χ3v) is 5.72. The summed E-state index contributed by atoms with van der Waals surface area (Å²) < 4.78 is 0. The monoisotopic (exact) mass is 378 g/mol. The van der Waals surface area contributed by atoms with Crippen molar-refractivity contribution in [1.29, 1.82) is 0 Å². The molecule has 2 saturated heterocycles. The van der Waals surface area contributed by atoms with Crippen molar-refractivity contribution in [2.45, 2.75) is 38.8 Å². The molecule has 5 heteroatoms. The third kappa shape index (κ3) is 4.77. The predicted octanol–water partition coefficient (Wildman–Crippen LogP) is 3.89. The molecule has 0 saturated carbocycles. The number of anilines is 2. The first-order valence-electron chi connectivity index (χ1n) is 10.5. The van der Waals surface area contributed by atoms with E-state index in [4.69, 9.17) is 0 Å². The number of amides is 2. The van der Waals surface area contributed by atoms with Crippen molar-refractivity contribution in [2.75, 3.05) is 36.0 Å². The Balaban J connectivity index is 1.20. The summed E-state index contributed by atoms with van der Waals surface area (Å²) in [6.45, 7) is 5.69. The molecule has 2 aromatic carbocycles. The Morgan fingerprint density at radius 1 is 0.643 bits per heavy atom. The van der Waals surface area contributed by atoms with E-state index in [1.54, 1.807) is 0 Å². The van der Waals surface area contributed by atoms with Gasteiger partial charge in [-0.15, -0.1) is 0 Å². The quantitative estimate of drug-likeness (QED) is 0.802. The Hall–Kier alpha value is -2.69. The van der Waals surface area contributed by atoms with Crippen molar-refractivity contribution >= 4 is 17.4 Å². The van der Waals surface area contributed by atoms with Gasteiger partial charge in [-0.3, -0.25) is 0 Å². The second-order valence-electron chi connectivity index (χ2n) is 7.76. The van der Waals surface area contributed by atoms with E-state index in [0.29, 0.717) is 13.1 Å². The summed E-state index contributed by atoms with van der Waals surface area (Å²) in [6, 6.07) is 16.9. The fraction of sp³-hybridized carbons (Fsp3) is 0.435. The lowest BCUT2D eigenvalue weighted by atomic mass is 10.2. The Bertz CT molecular complexity index is 695. The van der Waals surface area contributed by atoms with E-state index >= 15 is 0 Å². The lowest BCUT2D eigenvalue weighted by Crippen LogP contribution is -2.34. The molecule has 5 nitrogen and oxygen atoms in total. The molecule has 2 heterocycles. The molecule has 2 fully saturated rings. The third-order valence-electron chi connectivity index (χ3n) is 5.72. The van der Waals surface area contributed by atoms with E-state index in [0.717, 1.165) is 37.3 Å². The van der Waals surface area contributed by atoms with E-state index in [-0.39, 0.29) is 6.03 Å². The SMILES string of the molecule is O=C(NCc1ccc(N2CCCC2)cc1)NCc1ccc(N2CCCC2)cc1. The van der Waals surface area contributed by atoms with Crippen molar-refractivity contribution in [1.82, 2.24) is 10.6 Å². The summed E-state index contributed by atoms with van der Waals surface area (Å²) in [5.74, 6) is 0. The molecule has 2 N–H and O–H groups in total. The van der Waals surface area contributed by atoms with Gasteiger partial charge in [0.2, 0.25) is 0 Å². The molecule has 4 rings (SSSR count). The van der Waals surface area contributed by atoms with Crippen molar-refractivity contribution in [3.05, 3.63) is 59.7 Å². The van der Waals surface area contributed by atoms with Gasteiger partial charge in [-0.05, 0) is 61.1 Å². The van der Waals surface area contributed by atoms with Gasteiger partial charge >= 0.3 is 6.03 Å². The topological polar surface area (TPSA) is 47.6 Å². The van der Waals surface area contributed by atoms with E-state index in [1.165, 1.54) is 37.1 Å². The minimum atomic E-state index is -0.132. The lowest BCUT2D eigenvalue weighted by Gasteiger charge is -2.18. The highest BCUT2D eigenvalue weighted by molar-refractivity contribution is 5.73. The lowest BCUT2D eigenvalue weighted by molar-refractivity contribution is 0.240. The molecule has 0 atom stereocenters. The molecule has 0 bridgehead atoms. The van der Waals surface area contributed by atoms with Crippen LogP contribution in [0.3, 0.4) is 0 Å². The van der Waals surface area contributed by atoms with Gasteiger partial charge in [-0.25, -0.2) is 4.79 Å². The first-order valence-corrected chi connectivity index (χ1v) is 10.5. The molecular weight excluding hydrogens is 348 g/mol. The Labute approximate surface area is 167 Å². The fourth-order valence-corrected chi connectivity index (χ4v) is 4.03. The number of hydrogen-bond donors (Lipinski definition) is 2. The number of carbonyl (C=O) groups is 1. The van der Waals surface area contributed by atoms with E-state index in [2.05, 4.69) is 69.0 Å². The maximum atomic E-state index is 12.1. The summed E-state index contributed by atoms with van der Waals surface area (Å²) in [5.41, 5.74) is 4.80. The molecule has 2 aliphatic heterocycles. The van der Waals surface area contributed by atoms with Gasteiger partial charge in [0, 0.05) is 50.6 Å². The maximum Gasteiger partial charge on any atom is 0.315 e. The maximum absolute atomic E-state index is 12.1. The highest BCUT2D eigenvalue weighted by atomic mass is 16.2. The van der Waals surface area contributed by atoms with Gasteiger partial charge in [0.15, 0.2) is 0 Å². The van der Waals surface area contributed by atoms with Gasteiger partial charge in [0.05, 0.1) is 0 Å². The van der Waals surface area contributed by atoms with Crippen LogP contribution in [0.15, 0.2) is 48.5 Å². The molecule has 148 valence electrons. The van der Waals surface area contributed by atoms with Crippen LogP contribution < -0.4 is 20.4 Å². The number of nitrogens with zero attached hydrogens (tertiary/aromatic N) is 2. The van der Waals surface area contributed by atoms with Gasteiger partial charge in [0.1, 0.15) is 0 Å². The second-order valence-corrected chi connectivity index (χ2v) is 7.76. The molecule has 0 spiro atoms. The van der Waals surface area contributed by atoms with Crippen molar-refractivity contribution in [3.63, 3.8) is 0 Å². The van der Waals surface area contributed by atoms with Crippen LogP contribution in [0.2, 0.25) is 0 Å². The highest BCUT2D eigenvalue weighted by Crippen LogP contribution is 2.21. The van der Waals surface area contributed by atoms with Crippen LogP contribution in [0.25, 0.3) is 0 Å². The average Bonchev–Trinajstić information content (AvgIpc) is 3.46. The van der Waals surface area contributed by atoms with E-state index in [1.807, 2.05) is 0 Å². The predicted molar refractivity (Wildman–Crippen MR) is 115 cm³/mol.